The number of phenols is 1. The molecular weight excluding hydrogens is 384 g/mol. The Bertz CT molecular complexity index is 516. The highest BCUT2D eigenvalue weighted by Gasteiger charge is 2.17. The predicted octanol–water partition coefficient (Wildman–Crippen LogP) is 2.16. The monoisotopic (exact) mass is 394 g/mol. The molecule has 3 nitrogen and oxygen atoms in total. The predicted molar refractivity (Wildman–Crippen MR) is 82.1 cm³/mol. The largest absolute Gasteiger partial charge is 0.508 e. The highest BCUT2D eigenvalue weighted by Crippen LogP contribution is 2.11. The van der Waals surface area contributed by atoms with Crippen LogP contribution < -0.4 is 5.46 Å². The van der Waals surface area contributed by atoms with Gasteiger partial charge in [0.15, 0.2) is 0 Å². The lowest BCUT2D eigenvalue weighted by Crippen LogP contribution is -2.32. The molecular formula is C12H10BClFIO3. The molecule has 2 rings (SSSR count). The van der Waals surface area contributed by atoms with E-state index in [1.54, 1.807) is 12.1 Å². The number of hydrogen-bond donors (Lipinski definition) is 3. The summed E-state index contributed by atoms with van der Waals surface area (Å²) in [4.78, 5) is 0. The molecule has 19 heavy (non-hydrogen) atoms. The van der Waals surface area contributed by atoms with Gasteiger partial charge in [-0.1, -0.05) is 23.7 Å². The van der Waals surface area contributed by atoms with Gasteiger partial charge in [0.05, 0.1) is 5.02 Å². The lowest BCUT2D eigenvalue weighted by atomic mass is 9.80. The molecule has 0 bridgehead atoms. The lowest BCUT2D eigenvalue weighted by molar-refractivity contribution is 0.423. The topological polar surface area (TPSA) is 60.7 Å². The van der Waals surface area contributed by atoms with Crippen LogP contribution in [0.25, 0.3) is 0 Å². The van der Waals surface area contributed by atoms with Gasteiger partial charge < -0.3 is 15.2 Å². The summed E-state index contributed by atoms with van der Waals surface area (Å²) in [5.41, 5.74) is -0.211. The average Bonchev–Trinajstić information content (AvgIpc) is 2.37. The second-order valence-corrected chi connectivity index (χ2v) is 5.15. The van der Waals surface area contributed by atoms with Crippen molar-refractivity contribution in [1.82, 2.24) is 0 Å². The summed E-state index contributed by atoms with van der Waals surface area (Å²) in [6.07, 6.45) is 0. The fourth-order valence-electron chi connectivity index (χ4n) is 1.16. The van der Waals surface area contributed by atoms with Gasteiger partial charge in [-0.2, -0.15) is 0 Å². The number of halogens is 3. The van der Waals surface area contributed by atoms with Crippen molar-refractivity contribution < 1.29 is 19.5 Å². The Morgan fingerprint density at radius 1 is 1.05 bits per heavy atom. The molecule has 0 amide bonds. The van der Waals surface area contributed by atoms with Crippen molar-refractivity contribution in [3.05, 3.63) is 56.9 Å². The van der Waals surface area contributed by atoms with Crippen molar-refractivity contribution in [2.45, 2.75) is 0 Å². The van der Waals surface area contributed by atoms with Gasteiger partial charge >= 0.3 is 7.12 Å². The quantitative estimate of drug-likeness (QED) is 0.513. The van der Waals surface area contributed by atoms with Crippen LogP contribution in [0.1, 0.15) is 0 Å². The third kappa shape index (κ3) is 5.36. The van der Waals surface area contributed by atoms with E-state index in [0.29, 0.717) is 5.75 Å². The first kappa shape index (κ1) is 16.2. The molecule has 0 fully saturated rings. The van der Waals surface area contributed by atoms with Gasteiger partial charge in [-0.05, 0) is 52.9 Å². The molecule has 100 valence electrons. The number of benzene rings is 2. The normalized spacial score (nSPS) is 9.53. The Hall–Kier alpha value is -0.825. The van der Waals surface area contributed by atoms with Crippen LogP contribution in [0.3, 0.4) is 0 Å². The van der Waals surface area contributed by atoms with Crippen LogP contribution in [0.4, 0.5) is 4.39 Å². The van der Waals surface area contributed by atoms with Crippen molar-refractivity contribution in [2.75, 3.05) is 0 Å². The van der Waals surface area contributed by atoms with E-state index in [0.717, 1.165) is 3.57 Å². The van der Waals surface area contributed by atoms with E-state index in [4.69, 9.17) is 26.8 Å². The minimum atomic E-state index is -1.81. The first-order valence-electron chi connectivity index (χ1n) is 5.16. The van der Waals surface area contributed by atoms with Crippen LogP contribution in [0.5, 0.6) is 5.75 Å². The van der Waals surface area contributed by atoms with Gasteiger partial charge in [0, 0.05) is 9.03 Å². The SMILES string of the molecule is OB(O)c1cccc(Cl)c1F.Oc1ccc(I)cc1. The van der Waals surface area contributed by atoms with E-state index in [9.17, 15) is 4.39 Å². The Morgan fingerprint density at radius 2 is 1.63 bits per heavy atom. The maximum absolute atomic E-state index is 12.8. The van der Waals surface area contributed by atoms with Crippen molar-refractivity contribution in [3.8, 4) is 5.75 Å². The Balaban J connectivity index is 0.000000200. The molecule has 7 heteroatoms. The van der Waals surface area contributed by atoms with E-state index in [2.05, 4.69) is 22.6 Å². The van der Waals surface area contributed by atoms with Gasteiger partial charge in [-0.3, -0.25) is 0 Å². The third-order valence-corrected chi connectivity index (χ3v) is 3.10. The van der Waals surface area contributed by atoms with Gasteiger partial charge in [-0.15, -0.1) is 0 Å². The second kappa shape index (κ2) is 7.69. The summed E-state index contributed by atoms with van der Waals surface area (Å²) in [5.74, 6) is -0.463. The highest BCUT2D eigenvalue weighted by atomic mass is 127. The van der Waals surface area contributed by atoms with E-state index in [-0.39, 0.29) is 10.5 Å². The molecule has 0 radical (unpaired) electrons. The molecule has 2 aromatic carbocycles. The molecule has 2 aromatic rings. The number of hydrogen-bond acceptors (Lipinski definition) is 3. The maximum Gasteiger partial charge on any atom is 0.491 e. The van der Waals surface area contributed by atoms with Crippen molar-refractivity contribution in [2.24, 2.45) is 0 Å². The van der Waals surface area contributed by atoms with Crippen molar-refractivity contribution in [3.63, 3.8) is 0 Å². The van der Waals surface area contributed by atoms with Crippen molar-refractivity contribution in [1.29, 1.82) is 0 Å². The highest BCUT2D eigenvalue weighted by molar-refractivity contribution is 14.1. The summed E-state index contributed by atoms with van der Waals surface area (Å²) < 4.78 is 13.9. The smallest absolute Gasteiger partial charge is 0.491 e. The zero-order valence-electron chi connectivity index (χ0n) is 9.59. The van der Waals surface area contributed by atoms with Crippen LogP contribution in [0, 0.1) is 9.39 Å². The minimum Gasteiger partial charge on any atom is -0.508 e. The number of phenolic OH excluding ortho intramolecular Hbond substituents is 1. The Labute approximate surface area is 129 Å². The van der Waals surface area contributed by atoms with Crippen LogP contribution in [-0.4, -0.2) is 22.3 Å². The standard InChI is InChI=1S/C6H5BClFO2.C6H5IO/c8-5-3-1-2-4(6(5)9)7(10)11;7-5-1-3-6(8)4-2-5/h1-3,10-11H;1-4,8H. The van der Waals surface area contributed by atoms with Crippen molar-refractivity contribution >= 4 is 46.8 Å². The molecule has 0 aromatic heterocycles. The first-order chi connectivity index (χ1) is 8.91. The van der Waals surface area contributed by atoms with Gasteiger partial charge in [0.25, 0.3) is 0 Å². The molecule has 0 aliphatic rings. The van der Waals surface area contributed by atoms with Gasteiger partial charge in [0.2, 0.25) is 0 Å². The number of rotatable bonds is 1. The summed E-state index contributed by atoms with van der Waals surface area (Å²) in [7, 11) is -1.81. The van der Waals surface area contributed by atoms with Gasteiger partial charge in [-0.25, -0.2) is 4.39 Å². The lowest BCUT2D eigenvalue weighted by Gasteiger charge is -2.01. The van der Waals surface area contributed by atoms with E-state index >= 15 is 0 Å². The summed E-state index contributed by atoms with van der Waals surface area (Å²) in [6.45, 7) is 0. The molecule has 0 atom stereocenters. The first-order valence-corrected chi connectivity index (χ1v) is 6.62. The third-order valence-electron chi connectivity index (χ3n) is 2.09. The zero-order valence-corrected chi connectivity index (χ0v) is 12.5. The molecule has 0 saturated carbocycles. The zero-order chi connectivity index (χ0) is 14.4. The van der Waals surface area contributed by atoms with Crippen LogP contribution in [0.15, 0.2) is 42.5 Å². The van der Waals surface area contributed by atoms with E-state index in [1.165, 1.54) is 18.2 Å². The van der Waals surface area contributed by atoms with Crippen LogP contribution >= 0.6 is 34.2 Å². The summed E-state index contributed by atoms with van der Waals surface area (Å²) in [6, 6.07) is 11.1. The van der Waals surface area contributed by atoms with Crippen LogP contribution in [-0.2, 0) is 0 Å². The Morgan fingerprint density at radius 3 is 2.05 bits per heavy atom. The molecule has 3 N–H and O–H groups in total. The van der Waals surface area contributed by atoms with E-state index < -0.39 is 12.9 Å². The summed E-state index contributed by atoms with van der Waals surface area (Å²) >= 11 is 7.55. The maximum atomic E-state index is 12.8. The van der Waals surface area contributed by atoms with Crippen LogP contribution in [0.2, 0.25) is 5.02 Å². The summed E-state index contributed by atoms with van der Waals surface area (Å²) in [5, 5.41) is 25.8. The van der Waals surface area contributed by atoms with E-state index in [1.807, 2.05) is 12.1 Å². The molecule has 0 saturated heterocycles. The molecule has 0 unspecified atom stereocenters. The molecule has 0 aliphatic carbocycles. The fraction of sp³-hybridized carbons (Fsp3) is 0. The minimum absolute atomic E-state index is 0.115. The second-order valence-electron chi connectivity index (χ2n) is 3.49. The molecule has 0 aliphatic heterocycles. The number of aromatic hydroxyl groups is 1. The average molecular weight is 394 g/mol. The molecule has 0 spiro atoms. The Kier molecular flexibility index (Phi) is 6.57. The fourth-order valence-corrected chi connectivity index (χ4v) is 1.70. The van der Waals surface area contributed by atoms with Gasteiger partial charge in [0.1, 0.15) is 11.6 Å². The molecule has 0 heterocycles.